The van der Waals surface area contributed by atoms with Gasteiger partial charge in [0, 0.05) is 19.1 Å². The minimum absolute atomic E-state index is 0.0291. The van der Waals surface area contributed by atoms with Gasteiger partial charge in [-0.25, -0.2) is 0 Å². The molecule has 0 bridgehead atoms. The van der Waals surface area contributed by atoms with Crippen LogP contribution in [0.2, 0.25) is 0 Å². The van der Waals surface area contributed by atoms with E-state index in [2.05, 4.69) is 0 Å². The monoisotopic (exact) mass is 282 g/mol. The smallest absolute Gasteiger partial charge is 0.307 e. The highest BCUT2D eigenvalue weighted by Crippen LogP contribution is 2.28. The number of likely N-dealkylation sites (N-methyl/N-ethyl adjacent to an activating group) is 2. The first-order valence-electron chi connectivity index (χ1n) is 7.21. The summed E-state index contributed by atoms with van der Waals surface area (Å²) in [6, 6.07) is 0.0860. The summed E-state index contributed by atoms with van der Waals surface area (Å²) in [5.41, 5.74) is 0. The Kier molecular flexibility index (Phi) is 6.20. The fourth-order valence-corrected chi connectivity index (χ4v) is 2.88. The van der Waals surface area contributed by atoms with Gasteiger partial charge < -0.3 is 14.9 Å². The predicted octanol–water partition coefficient (Wildman–Crippen LogP) is 1.45. The number of allylic oxidation sites excluding steroid dienone is 2. The third-order valence-electron chi connectivity index (χ3n) is 3.85. The first kappa shape index (κ1) is 16.7. The third kappa shape index (κ3) is 4.07. The van der Waals surface area contributed by atoms with E-state index < -0.39 is 17.8 Å². The summed E-state index contributed by atoms with van der Waals surface area (Å²) >= 11 is 0. The molecular formula is C15H26N2O3. The molecule has 1 amide bonds. The summed E-state index contributed by atoms with van der Waals surface area (Å²) in [7, 11) is 3.94. The number of aliphatic carboxylic acids is 1. The molecule has 1 unspecified atom stereocenters. The van der Waals surface area contributed by atoms with Crippen LogP contribution in [0.1, 0.15) is 26.7 Å². The molecule has 0 aromatic rings. The highest BCUT2D eigenvalue weighted by atomic mass is 16.4. The molecule has 0 heterocycles. The number of carbonyl (C=O) groups excluding carboxylic acids is 1. The molecule has 1 N–H and O–H groups in total. The first-order chi connectivity index (χ1) is 9.38. The van der Waals surface area contributed by atoms with E-state index in [-0.39, 0.29) is 11.9 Å². The molecule has 114 valence electrons. The molecule has 20 heavy (non-hydrogen) atoms. The van der Waals surface area contributed by atoms with Crippen molar-refractivity contribution in [3.8, 4) is 0 Å². The topological polar surface area (TPSA) is 60.9 Å². The van der Waals surface area contributed by atoms with E-state index in [1.54, 1.807) is 4.90 Å². The van der Waals surface area contributed by atoms with Crippen molar-refractivity contribution in [2.45, 2.75) is 32.7 Å². The molecule has 5 nitrogen and oxygen atoms in total. The fraction of sp³-hybridized carbons (Fsp3) is 0.733. The summed E-state index contributed by atoms with van der Waals surface area (Å²) in [6.45, 7) is 5.34. The Balaban J connectivity index is 2.83. The Morgan fingerprint density at radius 3 is 2.25 bits per heavy atom. The van der Waals surface area contributed by atoms with E-state index in [4.69, 9.17) is 0 Å². The second kappa shape index (κ2) is 7.43. The van der Waals surface area contributed by atoms with Crippen LogP contribution in [-0.4, -0.2) is 60.0 Å². The van der Waals surface area contributed by atoms with E-state index in [0.29, 0.717) is 19.4 Å². The lowest BCUT2D eigenvalue weighted by Gasteiger charge is -2.35. The molecule has 0 aromatic carbocycles. The van der Waals surface area contributed by atoms with Crippen LogP contribution in [0.3, 0.4) is 0 Å². The second-order valence-electron chi connectivity index (χ2n) is 5.73. The maximum atomic E-state index is 12.7. The van der Waals surface area contributed by atoms with Crippen molar-refractivity contribution in [2.24, 2.45) is 11.8 Å². The maximum absolute atomic E-state index is 12.7. The molecule has 1 aliphatic carbocycles. The summed E-state index contributed by atoms with van der Waals surface area (Å²) in [6.07, 6.45) is 4.76. The average molecular weight is 282 g/mol. The molecule has 3 atom stereocenters. The van der Waals surface area contributed by atoms with Gasteiger partial charge >= 0.3 is 5.97 Å². The number of amides is 1. The lowest BCUT2D eigenvalue weighted by molar-refractivity contribution is -0.151. The zero-order valence-corrected chi connectivity index (χ0v) is 12.9. The Bertz CT molecular complexity index is 379. The van der Waals surface area contributed by atoms with Gasteiger partial charge in [0.05, 0.1) is 11.8 Å². The first-order valence-corrected chi connectivity index (χ1v) is 7.21. The number of hydrogen-bond acceptors (Lipinski definition) is 3. The normalized spacial score (nSPS) is 23.6. The quantitative estimate of drug-likeness (QED) is 0.749. The molecule has 0 saturated carbocycles. The van der Waals surface area contributed by atoms with E-state index >= 15 is 0 Å². The number of carboxylic acid groups (broad SMARTS) is 1. The van der Waals surface area contributed by atoms with Crippen LogP contribution in [0.15, 0.2) is 12.2 Å². The van der Waals surface area contributed by atoms with Crippen LogP contribution in [0, 0.1) is 11.8 Å². The van der Waals surface area contributed by atoms with Crippen LogP contribution < -0.4 is 0 Å². The van der Waals surface area contributed by atoms with Crippen molar-refractivity contribution >= 4 is 11.9 Å². The number of nitrogens with zero attached hydrogens (tertiary/aromatic N) is 2. The SMILES string of the molecule is CCN(C(=O)[C@@H]1CC=CC[C@@H]1C(=O)O)C(C)CN(C)C. The Hall–Kier alpha value is -1.36. The minimum atomic E-state index is -0.871. The number of carbonyl (C=O) groups is 2. The van der Waals surface area contributed by atoms with Crippen molar-refractivity contribution in [3.63, 3.8) is 0 Å². The highest BCUT2D eigenvalue weighted by molar-refractivity contribution is 5.85. The second-order valence-corrected chi connectivity index (χ2v) is 5.73. The van der Waals surface area contributed by atoms with E-state index in [1.165, 1.54) is 0 Å². The number of hydrogen-bond donors (Lipinski definition) is 1. The van der Waals surface area contributed by atoms with Crippen molar-refractivity contribution < 1.29 is 14.7 Å². The van der Waals surface area contributed by atoms with Crippen molar-refractivity contribution in [2.75, 3.05) is 27.2 Å². The van der Waals surface area contributed by atoms with Gasteiger partial charge in [0.15, 0.2) is 0 Å². The van der Waals surface area contributed by atoms with Crippen LogP contribution in [0.5, 0.6) is 0 Å². The van der Waals surface area contributed by atoms with Gasteiger partial charge in [-0.15, -0.1) is 0 Å². The number of carboxylic acids is 1. The van der Waals surface area contributed by atoms with Crippen molar-refractivity contribution in [1.29, 1.82) is 0 Å². The minimum Gasteiger partial charge on any atom is -0.481 e. The largest absolute Gasteiger partial charge is 0.481 e. The molecule has 0 aromatic heterocycles. The molecule has 5 heteroatoms. The van der Waals surface area contributed by atoms with Crippen LogP contribution in [0.4, 0.5) is 0 Å². The molecule has 0 saturated heterocycles. The Morgan fingerprint density at radius 1 is 1.25 bits per heavy atom. The summed E-state index contributed by atoms with van der Waals surface area (Å²) in [4.78, 5) is 27.8. The Labute approximate surface area is 121 Å². The van der Waals surface area contributed by atoms with Crippen LogP contribution in [0.25, 0.3) is 0 Å². The van der Waals surface area contributed by atoms with Gasteiger partial charge in [-0.05, 0) is 40.8 Å². The van der Waals surface area contributed by atoms with Crippen LogP contribution in [-0.2, 0) is 9.59 Å². The number of rotatable bonds is 6. The van der Waals surface area contributed by atoms with Gasteiger partial charge in [0.1, 0.15) is 0 Å². The van der Waals surface area contributed by atoms with Gasteiger partial charge in [0.25, 0.3) is 0 Å². The van der Waals surface area contributed by atoms with Crippen molar-refractivity contribution in [1.82, 2.24) is 9.80 Å². The van der Waals surface area contributed by atoms with Crippen molar-refractivity contribution in [3.05, 3.63) is 12.2 Å². The van der Waals surface area contributed by atoms with E-state index in [1.807, 2.05) is 45.0 Å². The van der Waals surface area contributed by atoms with Gasteiger partial charge in [-0.3, -0.25) is 9.59 Å². The van der Waals surface area contributed by atoms with Gasteiger partial charge in [-0.2, -0.15) is 0 Å². The molecule has 1 rings (SSSR count). The van der Waals surface area contributed by atoms with Gasteiger partial charge in [0.2, 0.25) is 5.91 Å². The Morgan fingerprint density at radius 2 is 1.80 bits per heavy atom. The zero-order valence-electron chi connectivity index (χ0n) is 12.9. The molecular weight excluding hydrogens is 256 g/mol. The summed E-state index contributed by atoms with van der Waals surface area (Å²) < 4.78 is 0. The predicted molar refractivity (Wildman–Crippen MR) is 78.4 cm³/mol. The lowest BCUT2D eigenvalue weighted by atomic mass is 9.82. The van der Waals surface area contributed by atoms with E-state index in [0.717, 1.165) is 6.54 Å². The molecule has 0 aliphatic heterocycles. The summed E-state index contributed by atoms with van der Waals surface area (Å²) in [5, 5.41) is 9.28. The third-order valence-corrected chi connectivity index (χ3v) is 3.85. The standard InChI is InChI=1S/C15H26N2O3/c1-5-17(11(2)10-16(3)4)14(18)12-8-6-7-9-13(12)15(19)20/h6-7,11-13H,5,8-10H2,1-4H3,(H,19,20)/t11?,12-,13+/m1/s1. The fourth-order valence-electron chi connectivity index (χ4n) is 2.88. The highest BCUT2D eigenvalue weighted by Gasteiger charge is 2.37. The van der Waals surface area contributed by atoms with Gasteiger partial charge in [-0.1, -0.05) is 12.2 Å². The lowest BCUT2D eigenvalue weighted by Crippen LogP contribution is -2.48. The maximum Gasteiger partial charge on any atom is 0.307 e. The molecule has 0 radical (unpaired) electrons. The molecule has 0 spiro atoms. The van der Waals surface area contributed by atoms with E-state index in [9.17, 15) is 14.7 Å². The average Bonchev–Trinajstić information content (AvgIpc) is 2.38. The van der Waals surface area contributed by atoms with Crippen LogP contribution >= 0.6 is 0 Å². The summed E-state index contributed by atoms with van der Waals surface area (Å²) in [5.74, 6) is -1.92. The molecule has 0 fully saturated rings. The molecule has 1 aliphatic rings. The zero-order chi connectivity index (χ0) is 15.3.